The summed E-state index contributed by atoms with van der Waals surface area (Å²) < 4.78 is 24.4. The summed E-state index contributed by atoms with van der Waals surface area (Å²) in [5.74, 6) is 0.593. The Morgan fingerprint density at radius 2 is 2.19 bits per heavy atom. The van der Waals surface area contributed by atoms with Crippen LogP contribution in [0.5, 0.6) is 0 Å². The number of tetrazole rings is 1. The minimum absolute atomic E-state index is 0.113. The van der Waals surface area contributed by atoms with Crippen LogP contribution in [0.4, 0.5) is 0 Å². The quantitative estimate of drug-likeness (QED) is 0.678. The van der Waals surface area contributed by atoms with Crippen LogP contribution in [0.1, 0.15) is 11.9 Å². The van der Waals surface area contributed by atoms with Crippen molar-refractivity contribution < 1.29 is 8.42 Å². The average molecular weight is 246 g/mol. The maximum Gasteiger partial charge on any atom is 0.211 e. The minimum atomic E-state index is -3.15. The van der Waals surface area contributed by atoms with Crippen LogP contribution in [0.3, 0.4) is 0 Å². The lowest BCUT2D eigenvalue weighted by Gasteiger charge is -2.36. The Balaban J connectivity index is 2.19. The molecule has 0 radical (unpaired) electrons. The third kappa shape index (κ3) is 2.20. The Labute approximate surface area is 93.7 Å². The van der Waals surface area contributed by atoms with E-state index in [0.29, 0.717) is 25.5 Å². The Hall–Kier alpha value is -1.06. The molecule has 2 heterocycles. The molecular formula is C7H14N6O2S. The highest BCUT2D eigenvalue weighted by molar-refractivity contribution is 7.88. The molecule has 0 aliphatic carbocycles. The van der Waals surface area contributed by atoms with E-state index in [1.54, 1.807) is 0 Å². The van der Waals surface area contributed by atoms with Crippen molar-refractivity contribution in [3.8, 4) is 0 Å². The van der Waals surface area contributed by atoms with Gasteiger partial charge in [-0.25, -0.2) is 13.5 Å². The predicted molar refractivity (Wildman–Crippen MR) is 56.0 cm³/mol. The Morgan fingerprint density at radius 1 is 1.44 bits per heavy atom. The van der Waals surface area contributed by atoms with E-state index in [1.165, 1.54) is 10.6 Å². The normalized spacial score (nSPS) is 24.8. The van der Waals surface area contributed by atoms with Crippen molar-refractivity contribution in [3.63, 3.8) is 0 Å². The average Bonchev–Trinajstić information content (AvgIpc) is 2.69. The largest absolute Gasteiger partial charge is 0.294 e. The van der Waals surface area contributed by atoms with E-state index < -0.39 is 10.0 Å². The molecule has 1 aliphatic rings. The van der Waals surface area contributed by atoms with Crippen molar-refractivity contribution in [2.24, 2.45) is 0 Å². The van der Waals surface area contributed by atoms with Crippen LogP contribution in [0.15, 0.2) is 0 Å². The fourth-order valence-electron chi connectivity index (χ4n) is 1.75. The molecule has 1 aliphatic heterocycles. The maximum atomic E-state index is 11.5. The number of aromatic nitrogens is 4. The zero-order valence-electron chi connectivity index (χ0n) is 9.16. The van der Waals surface area contributed by atoms with Crippen molar-refractivity contribution >= 4 is 10.0 Å². The molecule has 9 heteroatoms. The van der Waals surface area contributed by atoms with E-state index in [1.807, 2.05) is 11.9 Å². The van der Waals surface area contributed by atoms with Gasteiger partial charge in [0.25, 0.3) is 0 Å². The molecule has 1 atom stereocenters. The number of hydrogen-bond acceptors (Lipinski definition) is 6. The number of likely N-dealkylation sites (N-methyl/N-ethyl adjacent to an activating group) is 1. The fourth-order valence-corrected chi connectivity index (χ4v) is 2.58. The number of rotatable bonds is 2. The molecule has 16 heavy (non-hydrogen) atoms. The topological polar surface area (TPSA) is 95.1 Å². The maximum absolute atomic E-state index is 11.5. The lowest BCUT2D eigenvalue weighted by molar-refractivity contribution is 0.142. The lowest BCUT2D eigenvalue weighted by Crippen LogP contribution is -2.48. The van der Waals surface area contributed by atoms with Crippen molar-refractivity contribution in [2.45, 2.75) is 6.04 Å². The van der Waals surface area contributed by atoms with E-state index in [4.69, 9.17) is 0 Å². The second-order valence-corrected chi connectivity index (χ2v) is 5.89. The van der Waals surface area contributed by atoms with E-state index >= 15 is 0 Å². The van der Waals surface area contributed by atoms with E-state index in [-0.39, 0.29) is 6.04 Å². The molecule has 1 aromatic heterocycles. The molecule has 0 bridgehead atoms. The van der Waals surface area contributed by atoms with Crippen LogP contribution in [0.25, 0.3) is 0 Å². The number of aromatic amines is 1. The van der Waals surface area contributed by atoms with Gasteiger partial charge in [-0.2, -0.15) is 4.31 Å². The van der Waals surface area contributed by atoms with Gasteiger partial charge in [-0.1, -0.05) is 0 Å². The van der Waals surface area contributed by atoms with Gasteiger partial charge in [0.15, 0.2) is 5.82 Å². The Kier molecular flexibility index (Phi) is 2.91. The first-order valence-corrected chi connectivity index (χ1v) is 6.72. The van der Waals surface area contributed by atoms with Gasteiger partial charge in [0.1, 0.15) is 0 Å². The fraction of sp³-hybridized carbons (Fsp3) is 0.857. The standard InChI is InChI=1S/C7H14N6O2S/c1-12-3-4-13(16(2,14)15)5-6(12)7-8-10-11-9-7/h6H,3-5H2,1-2H3,(H,8,9,10,11). The summed E-state index contributed by atoms with van der Waals surface area (Å²) in [6.07, 6.45) is 1.22. The monoisotopic (exact) mass is 246 g/mol. The molecule has 2 rings (SSSR count). The number of nitrogens with zero attached hydrogens (tertiary/aromatic N) is 5. The minimum Gasteiger partial charge on any atom is -0.294 e. The van der Waals surface area contributed by atoms with Gasteiger partial charge in [0.2, 0.25) is 10.0 Å². The van der Waals surface area contributed by atoms with Gasteiger partial charge in [-0.05, 0) is 17.5 Å². The van der Waals surface area contributed by atoms with Gasteiger partial charge in [0, 0.05) is 19.6 Å². The second kappa shape index (κ2) is 4.07. The van der Waals surface area contributed by atoms with E-state index in [0.717, 1.165) is 0 Å². The highest BCUT2D eigenvalue weighted by Crippen LogP contribution is 2.21. The SMILES string of the molecule is CN1CCN(S(C)(=O)=O)CC1c1nnn[nH]1. The molecule has 8 nitrogen and oxygen atoms in total. The van der Waals surface area contributed by atoms with E-state index in [2.05, 4.69) is 20.6 Å². The first-order chi connectivity index (χ1) is 7.48. The second-order valence-electron chi connectivity index (χ2n) is 3.90. The van der Waals surface area contributed by atoms with Crippen molar-refractivity contribution in [1.82, 2.24) is 29.8 Å². The molecule has 0 amide bonds. The first kappa shape index (κ1) is 11.4. The number of H-pyrrole nitrogens is 1. The zero-order valence-corrected chi connectivity index (χ0v) is 9.98. The summed E-state index contributed by atoms with van der Waals surface area (Å²) >= 11 is 0. The first-order valence-electron chi connectivity index (χ1n) is 4.87. The smallest absolute Gasteiger partial charge is 0.211 e. The van der Waals surface area contributed by atoms with Crippen molar-refractivity contribution in [3.05, 3.63) is 5.82 Å². The zero-order chi connectivity index (χ0) is 11.8. The van der Waals surface area contributed by atoms with Gasteiger partial charge in [0.05, 0.1) is 12.3 Å². The third-order valence-electron chi connectivity index (χ3n) is 2.76. The van der Waals surface area contributed by atoms with Gasteiger partial charge in [-0.3, -0.25) is 4.90 Å². The highest BCUT2D eigenvalue weighted by Gasteiger charge is 2.32. The summed E-state index contributed by atoms with van der Waals surface area (Å²) in [7, 11) is -1.23. The molecule has 1 aromatic rings. The highest BCUT2D eigenvalue weighted by atomic mass is 32.2. The lowest BCUT2D eigenvalue weighted by atomic mass is 10.2. The van der Waals surface area contributed by atoms with Gasteiger partial charge >= 0.3 is 0 Å². The van der Waals surface area contributed by atoms with Gasteiger partial charge < -0.3 is 0 Å². The number of hydrogen-bond donors (Lipinski definition) is 1. The molecule has 0 spiro atoms. The molecule has 90 valence electrons. The summed E-state index contributed by atoms with van der Waals surface area (Å²) in [6, 6.07) is -0.113. The molecule has 1 saturated heterocycles. The van der Waals surface area contributed by atoms with Gasteiger partial charge in [-0.15, -0.1) is 5.10 Å². The van der Waals surface area contributed by atoms with Crippen LogP contribution >= 0.6 is 0 Å². The van der Waals surface area contributed by atoms with E-state index in [9.17, 15) is 8.42 Å². The molecule has 0 saturated carbocycles. The van der Waals surface area contributed by atoms with Crippen LogP contribution < -0.4 is 0 Å². The summed E-state index contributed by atoms with van der Waals surface area (Å²) in [4.78, 5) is 2.03. The Morgan fingerprint density at radius 3 is 2.75 bits per heavy atom. The summed E-state index contributed by atoms with van der Waals surface area (Å²) in [5.41, 5.74) is 0. The molecule has 1 fully saturated rings. The van der Waals surface area contributed by atoms with Crippen molar-refractivity contribution in [1.29, 1.82) is 0 Å². The third-order valence-corrected chi connectivity index (χ3v) is 4.03. The molecular weight excluding hydrogens is 232 g/mol. The van der Waals surface area contributed by atoms with Crippen LogP contribution in [-0.4, -0.2) is 71.2 Å². The molecule has 0 aromatic carbocycles. The van der Waals surface area contributed by atoms with Crippen LogP contribution in [0.2, 0.25) is 0 Å². The van der Waals surface area contributed by atoms with Crippen LogP contribution in [0, 0.1) is 0 Å². The molecule has 1 unspecified atom stereocenters. The van der Waals surface area contributed by atoms with Crippen LogP contribution in [-0.2, 0) is 10.0 Å². The summed E-state index contributed by atoms with van der Waals surface area (Å²) in [5, 5.41) is 13.5. The van der Waals surface area contributed by atoms with Crippen molar-refractivity contribution in [2.75, 3.05) is 32.9 Å². The number of nitrogens with one attached hydrogen (secondary N) is 1. The summed E-state index contributed by atoms with van der Waals surface area (Å²) in [6.45, 7) is 1.55. The Bertz CT molecular complexity index is 443. The molecule has 1 N–H and O–H groups in total. The number of sulfonamides is 1. The predicted octanol–water partition coefficient (Wildman–Crippen LogP) is -1.55. The number of piperazine rings is 1.